The number of aryl methyl sites for hydroxylation is 1. The van der Waals surface area contributed by atoms with E-state index in [4.69, 9.17) is 16.3 Å². The lowest BCUT2D eigenvalue weighted by molar-refractivity contribution is 0.0520. The van der Waals surface area contributed by atoms with Gasteiger partial charge in [0.2, 0.25) is 0 Å². The molecule has 2 heterocycles. The molecule has 3 rings (SSSR count). The molecule has 1 aliphatic rings. The number of esters is 1. The summed E-state index contributed by atoms with van der Waals surface area (Å²) < 4.78 is 19.8. The normalized spacial score (nSPS) is 14.3. The summed E-state index contributed by atoms with van der Waals surface area (Å²) in [5.41, 5.74) is -0.121. The zero-order valence-corrected chi connectivity index (χ0v) is 13.4. The molecule has 122 valence electrons. The van der Waals surface area contributed by atoms with Crippen LogP contribution in [0.3, 0.4) is 0 Å². The maximum Gasteiger partial charge on any atom is 0.347 e. The molecule has 2 aromatic heterocycles. The molecule has 0 amide bonds. The fourth-order valence-corrected chi connectivity index (χ4v) is 2.94. The highest BCUT2D eigenvalue weighted by Gasteiger charge is 2.34. The Morgan fingerprint density at radius 1 is 1.52 bits per heavy atom. The number of hydrogen-bond acceptors (Lipinski definition) is 4. The highest BCUT2D eigenvalue weighted by molar-refractivity contribution is 6.32. The first-order valence-electron chi connectivity index (χ1n) is 7.31. The van der Waals surface area contributed by atoms with Gasteiger partial charge in [0.25, 0.3) is 5.56 Å². The van der Waals surface area contributed by atoms with Crippen molar-refractivity contribution in [1.82, 2.24) is 4.40 Å². The number of rotatable bonds is 3. The van der Waals surface area contributed by atoms with E-state index in [2.05, 4.69) is 0 Å². The lowest BCUT2D eigenvalue weighted by Gasteiger charge is -2.16. The number of carbonyl (C=O) groups excluding carboxylic acids is 1. The van der Waals surface area contributed by atoms with E-state index < -0.39 is 22.9 Å². The Kier molecular flexibility index (Phi) is 3.80. The highest BCUT2D eigenvalue weighted by atomic mass is 35.5. The zero-order valence-electron chi connectivity index (χ0n) is 12.7. The molecule has 5 nitrogen and oxygen atoms in total. The first kappa shape index (κ1) is 15.8. The van der Waals surface area contributed by atoms with E-state index in [-0.39, 0.29) is 23.3 Å². The van der Waals surface area contributed by atoms with Crippen molar-refractivity contribution >= 4 is 23.1 Å². The number of nitrogens with zero attached hydrogens (tertiary/aromatic N) is 1. The van der Waals surface area contributed by atoms with E-state index in [1.807, 2.05) is 0 Å². The Bertz CT molecular complexity index is 886. The number of pyridine rings is 2. The van der Waals surface area contributed by atoms with Gasteiger partial charge in [0.15, 0.2) is 11.4 Å². The smallest absolute Gasteiger partial charge is 0.347 e. The van der Waals surface area contributed by atoms with Crippen molar-refractivity contribution in [1.29, 1.82) is 0 Å². The van der Waals surface area contributed by atoms with Crippen molar-refractivity contribution in [2.24, 2.45) is 0 Å². The van der Waals surface area contributed by atoms with Crippen LogP contribution in [0.2, 0.25) is 5.02 Å². The lowest BCUT2D eigenvalue weighted by Crippen LogP contribution is -2.25. The van der Waals surface area contributed by atoms with Gasteiger partial charge in [-0.2, -0.15) is 0 Å². The summed E-state index contributed by atoms with van der Waals surface area (Å²) in [6, 6.07) is 0. The van der Waals surface area contributed by atoms with Crippen LogP contribution in [-0.2, 0) is 4.74 Å². The fourth-order valence-electron chi connectivity index (χ4n) is 2.80. The van der Waals surface area contributed by atoms with Gasteiger partial charge in [0.05, 0.1) is 17.1 Å². The Morgan fingerprint density at radius 3 is 2.74 bits per heavy atom. The molecule has 0 bridgehead atoms. The van der Waals surface area contributed by atoms with E-state index in [9.17, 15) is 19.1 Å². The zero-order chi connectivity index (χ0) is 16.9. The van der Waals surface area contributed by atoms with Crippen molar-refractivity contribution in [2.45, 2.75) is 32.6 Å². The molecule has 1 saturated carbocycles. The third-order valence-corrected chi connectivity index (χ3v) is 4.49. The Morgan fingerprint density at radius 2 is 2.17 bits per heavy atom. The monoisotopic (exact) mass is 339 g/mol. The Labute approximate surface area is 136 Å². The van der Waals surface area contributed by atoms with Gasteiger partial charge in [0.1, 0.15) is 5.75 Å². The van der Waals surface area contributed by atoms with Crippen LogP contribution in [0.25, 0.3) is 5.52 Å². The van der Waals surface area contributed by atoms with Gasteiger partial charge in [-0.1, -0.05) is 11.6 Å². The van der Waals surface area contributed by atoms with Gasteiger partial charge < -0.3 is 9.84 Å². The summed E-state index contributed by atoms with van der Waals surface area (Å²) in [4.78, 5) is 24.6. The van der Waals surface area contributed by atoms with Crippen LogP contribution < -0.4 is 5.56 Å². The van der Waals surface area contributed by atoms with Gasteiger partial charge >= 0.3 is 5.97 Å². The number of carbonyl (C=O) groups is 1. The molecule has 1 fully saturated rings. The molecule has 0 atom stereocenters. The standard InChI is InChI=1S/C16H15ClFNO4/c1-3-23-16(22)11-14(20)10(8-4-5-8)13-7(2)12(17)9(18)6-19(13)15(11)21/h6,8,20H,3-5H2,1-2H3. The number of aromatic hydroxyl groups is 1. The predicted molar refractivity (Wildman–Crippen MR) is 83.0 cm³/mol. The molecule has 0 unspecified atom stereocenters. The number of halogens is 2. The molecule has 0 saturated heterocycles. The van der Waals surface area contributed by atoms with Crippen LogP contribution in [0.15, 0.2) is 11.0 Å². The number of aromatic nitrogens is 1. The SMILES string of the molecule is CCOC(=O)c1c(O)c(C2CC2)c2c(C)c(Cl)c(F)cn2c1=O. The average molecular weight is 340 g/mol. The van der Waals surface area contributed by atoms with Crippen LogP contribution in [0, 0.1) is 12.7 Å². The average Bonchev–Trinajstić information content (AvgIpc) is 3.31. The minimum atomic E-state index is -0.917. The van der Waals surface area contributed by atoms with Crippen molar-refractivity contribution in [2.75, 3.05) is 6.61 Å². The number of ether oxygens (including phenoxy) is 1. The van der Waals surface area contributed by atoms with E-state index in [1.54, 1.807) is 13.8 Å². The second kappa shape index (κ2) is 5.53. The van der Waals surface area contributed by atoms with Crippen LogP contribution >= 0.6 is 11.6 Å². The molecule has 0 spiro atoms. The summed E-state index contributed by atoms with van der Waals surface area (Å²) in [7, 11) is 0. The second-order valence-corrected chi connectivity index (χ2v) is 5.95. The lowest BCUT2D eigenvalue weighted by atomic mass is 10.0. The maximum absolute atomic E-state index is 13.9. The van der Waals surface area contributed by atoms with Crippen LogP contribution in [-0.4, -0.2) is 22.1 Å². The summed E-state index contributed by atoms with van der Waals surface area (Å²) in [6.45, 7) is 3.24. The molecule has 0 radical (unpaired) electrons. The summed E-state index contributed by atoms with van der Waals surface area (Å²) in [5, 5.41) is 10.4. The Hall–Kier alpha value is -2.08. The predicted octanol–water partition coefficient (Wildman–Crippen LogP) is 3.16. The van der Waals surface area contributed by atoms with Crippen molar-refractivity contribution < 1.29 is 19.0 Å². The summed E-state index contributed by atoms with van der Waals surface area (Å²) in [5.74, 6) is -2.05. The van der Waals surface area contributed by atoms with E-state index in [1.165, 1.54) is 0 Å². The molecule has 23 heavy (non-hydrogen) atoms. The van der Waals surface area contributed by atoms with Crippen molar-refractivity contribution in [3.63, 3.8) is 0 Å². The van der Waals surface area contributed by atoms with Crippen LogP contribution in [0.4, 0.5) is 4.39 Å². The number of hydrogen-bond donors (Lipinski definition) is 1. The molecule has 0 aromatic carbocycles. The van der Waals surface area contributed by atoms with Crippen molar-refractivity contribution in [3.8, 4) is 5.75 Å². The Balaban J connectivity index is 2.47. The van der Waals surface area contributed by atoms with Gasteiger partial charge in [-0.15, -0.1) is 0 Å². The fraction of sp³-hybridized carbons (Fsp3) is 0.375. The molecular formula is C16H15ClFNO4. The highest BCUT2D eigenvalue weighted by Crippen LogP contribution is 2.47. The van der Waals surface area contributed by atoms with E-state index in [0.717, 1.165) is 23.4 Å². The van der Waals surface area contributed by atoms with E-state index in [0.29, 0.717) is 16.6 Å². The molecule has 1 N–H and O–H groups in total. The first-order chi connectivity index (χ1) is 10.9. The van der Waals surface area contributed by atoms with Crippen LogP contribution in [0.1, 0.15) is 47.2 Å². The molecule has 0 aliphatic heterocycles. The third kappa shape index (κ3) is 2.37. The molecule has 1 aliphatic carbocycles. The molecule has 2 aromatic rings. The van der Waals surface area contributed by atoms with Crippen molar-refractivity contribution in [3.05, 3.63) is 44.1 Å². The minimum Gasteiger partial charge on any atom is -0.506 e. The summed E-state index contributed by atoms with van der Waals surface area (Å²) >= 11 is 5.95. The van der Waals surface area contributed by atoms with Gasteiger partial charge in [-0.05, 0) is 38.2 Å². The largest absolute Gasteiger partial charge is 0.506 e. The second-order valence-electron chi connectivity index (χ2n) is 5.57. The molecular weight excluding hydrogens is 325 g/mol. The molecule has 7 heteroatoms. The first-order valence-corrected chi connectivity index (χ1v) is 7.69. The minimum absolute atomic E-state index is 0.0130. The van der Waals surface area contributed by atoms with Gasteiger partial charge in [-0.3, -0.25) is 9.20 Å². The van der Waals surface area contributed by atoms with Gasteiger partial charge in [-0.25, -0.2) is 9.18 Å². The third-order valence-electron chi connectivity index (χ3n) is 4.02. The number of fused-ring (bicyclic) bond motifs is 1. The van der Waals surface area contributed by atoms with Gasteiger partial charge in [0, 0.05) is 11.8 Å². The maximum atomic E-state index is 13.9. The van der Waals surface area contributed by atoms with E-state index >= 15 is 0 Å². The summed E-state index contributed by atoms with van der Waals surface area (Å²) in [6.07, 6.45) is 2.58. The topological polar surface area (TPSA) is 68.0 Å². The quantitative estimate of drug-likeness (QED) is 0.872. The van der Waals surface area contributed by atoms with Crippen LogP contribution in [0.5, 0.6) is 5.75 Å².